The molecule has 1 saturated heterocycles. The molecule has 0 saturated carbocycles. The quantitative estimate of drug-likeness (QED) is 0.424. The fourth-order valence-electron chi connectivity index (χ4n) is 2.83. The van der Waals surface area contributed by atoms with Crippen molar-refractivity contribution < 1.29 is 40.5 Å². The molecule has 0 aromatic carbocycles. The van der Waals surface area contributed by atoms with Gasteiger partial charge in [0.1, 0.15) is 0 Å². The number of ether oxygens (including phenoxy) is 2. The van der Waals surface area contributed by atoms with Crippen LogP contribution in [0.5, 0.6) is 0 Å². The summed E-state index contributed by atoms with van der Waals surface area (Å²) in [5, 5.41) is 0. The SMILES string of the molecule is COC1(OC)C[Si](OC)(OC)[Si](OC)(OC)[Si](OC)(OC)O1. The number of rotatable bonds is 8. The summed E-state index contributed by atoms with van der Waals surface area (Å²) in [6.45, 7) is 0. The third-order valence-corrected chi connectivity index (χ3v) is 28.2. The predicted octanol–water partition coefficient (Wildman–Crippen LogP) is -0.178. The van der Waals surface area contributed by atoms with Crippen molar-refractivity contribution in [2.75, 3.05) is 56.9 Å². The van der Waals surface area contributed by atoms with Gasteiger partial charge in [-0.2, -0.15) is 0 Å². The predicted molar refractivity (Wildman–Crippen MR) is 82.0 cm³/mol. The molecule has 22 heavy (non-hydrogen) atoms. The zero-order valence-corrected chi connectivity index (χ0v) is 17.4. The molecule has 0 amide bonds. The molecule has 12 heteroatoms. The zero-order valence-electron chi connectivity index (χ0n) is 14.4. The fourth-order valence-corrected chi connectivity index (χ4v) is 27.9. The molecule has 0 aliphatic carbocycles. The van der Waals surface area contributed by atoms with E-state index in [2.05, 4.69) is 0 Å². The summed E-state index contributed by atoms with van der Waals surface area (Å²) >= 11 is 0. The second-order valence-corrected chi connectivity index (χ2v) is 21.0. The van der Waals surface area contributed by atoms with E-state index in [-0.39, 0.29) is 6.04 Å². The summed E-state index contributed by atoms with van der Waals surface area (Å²) in [5.41, 5.74) is 0. The van der Waals surface area contributed by atoms with Crippen molar-refractivity contribution in [3.8, 4) is 0 Å². The summed E-state index contributed by atoms with van der Waals surface area (Å²) in [6.07, 6.45) is 0. The van der Waals surface area contributed by atoms with Gasteiger partial charge in [0.2, 0.25) is 0 Å². The van der Waals surface area contributed by atoms with Gasteiger partial charge in [-0.25, -0.2) is 0 Å². The van der Waals surface area contributed by atoms with Crippen molar-refractivity contribution in [2.45, 2.75) is 12.0 Å². The minimum atomic E-state index is -3.51. The van der Waals surface area contributed by atoms with E-state index in [1.807, 2.05) is 0 Å². The van der Waals surface area contributed by atoms with Crippen LogP contribution in [0.1, 0.15) is 0 Å². The molecular weight excluding hydrogens is 348 g/mol. The highest BCUT2D eigenvalue weighted by atomic mass is 29.7. The Morgan fingerprint density at radius 3 is 1.41 bits per heavy atom. The Labute approximate surface area is 134 Å². The summed E-state index contributed by atoms with van der Waals surface area (Å²) in [6, 6.07) is 0.190. The standard InChI is InChI=1S/C10H26O9Si3/c1-11-10(12-2)9-20(13-3,14-4)22(17-7,18-8)21(15-5,16-6)19-10/h9H2,1-8H3. The van der Waals surface area contributed by atoms with Crippen LogP contribution in [0.3, 0.4) is 0 Å². The molecule has 0 unspecified atom stereocenters. The van der Waals surface area contributed by atoms with E-state index in [1.165, 1.54) is 42.7 Å². The minimum absolute atomic E-state index is 0.190. The maximum atomic E-state index is 6.05. The Bertz CT molecular complexity index is 328. The smallest absolute Gasteiger partial charge is 0.397 e. The molecule has 0 spiro atoms. The molecule has 1 rings (SSSR count). The maximum Gasteiger partial charge on any atom is 0.544 e. The molecule has 0 radical (unpaired) electrons. The first-order valence-electron chi connectivity index (χ1n) is 6.51. The molecule has 0 atom stereocenters. The van der Waals surface area contributed by atoms with E-state index in [0.717, 1.165) is 0 Å². The third-order valence-electron chi connectivity index (χ3n) is 4.04. The van der Waals surface area contributed by atoms with Crippen molar-refractivity contribution >= 4 is 24.0 Å². The normalized spacial score (nSPS) is 25.1. The van der Waals surface area contributed by atoms with Crippen LogP contribution >= 0.6 is 0 Å². The van der Waals surface area contributed by atoms with Crippen LogP contribution in [-0.4, -0.2) is 86.8 Å². The van der Waals surface area contributed by atoms with Gasteiger partial charge < -0.3 is 40.5 Å². The molecule has 0 aromatic rings. The molecule has 0 N–H and O–H groups in total. The van der Waals surface area contributed by atoms with Crippen LogP contribution in [0.4, 0.5) is 0 Å². The Hall–Kier alpha value is 0.291. The lowest BCUT2D eigenvalue weighted by atomic mass is 10.6. The van der Waals surface area contributed by atoms with Crippen molar-refractivity contribution in [2.24, 2.45) is 0 Å². The summed E-state index contributed by atoms with van der Waals surface area (Å²) < 4.78 is 51.5. The Balaban J connectivity index is 3.63. The Kier molecular flexibility index (Phi) is 6.89. The monoisotopic (exact) mass is 374 g/mol. The maximum absolute atomic E-state index is 6.05. The molecule has 132 valence electrons. The summed E-state index contributed by atoms with van der Waals surface area (Å²) in [5.74, 6) is -1.41. The van der Waals surface area contributed by atoms with Crippen LogP contribution in [0, 0.1) is 0 Å². The molecule has 1 fully saturated rings. The minimum Gasteiger partial charge on any atom is -0.397 e. The van der Waals surface area contributed by atoms with Gasteiger partial charge in [-0.15, -0.1) is 0 Å². The lowest BCUT2D eigenvalue weighted by Crippen LogP contribution is -2.90. The Morgan fingerprint density at radius 2 is 1.14 bits per heavy atom. The third kappa shape index (κ3) is 2.56. The van der Waals surface area contributed by atoms with E-state index < -0.39 is 30.0 Å². The van der Waals surface area contributed by atoms with E-state index in [9.17, 15) is 0 Å². The molecule has 0 bridgehead atoms. The van der Waals surface area contributed by atoms with Crippen LogP contribution in [0.15, 0.2) is 0 Å². The van der Waals surface area contributed by atoms with E-state index in [1.54, 1.807) is 14.2 Å². The van der Waals surface area contributed by atoms with Crippen LogP contribution < -0.4 is 0 Å². The lowest BCUT2D eigenvalue weighted by molar-refractivity contribution is -0.329. The average Bonchev–Trinajstić information content (AvgIpc) is 2.60. The summed E-state index contributed by atoms with van der Waals surface area (Å²) in [7, 11) is 2.05. The van der Waals surface area contributed by atoms with Gasteiger partial charge in [-0.1, -0.05) is 0 Å². The van der Waals surface area contributed by atoms with Crippen molar-refractivity contribution in [1.82, 2.24) is 0 Å². The zero-order chi connectivity index (χ0) is 17.1. The van der Waals surface area contributed by atoms with E-state index >= 15 is 0 Å². The van der Waals surface area contributed by atoms with Crippen molar-refractivity contribution in [3.05, 3.63) is 0 Å². The molecule has 1 aliphatic rings. The highest BCUT2D eigenvalue weighted by Crippen LogP contribution is 2.46. The van der Waals surface area contributed by atoms with Gasteiger partial charge >= 0.3 is 24.0 Å². The highest BCUT2D eigenvalue weighted by molar-refractivity contribution is 7.59. The summed E-state index contributed by atoms with van der Waals surface area (Å²) in [4.78, 5) is 0. The number of hydrogen-bond acceptors (Lipinski definition) is 9. The number of methoxy groups -OCH3 is 2. The van der Waals surface area contributed by atoms with Gasteiger partial charge in [0.05, 0.1) is 6.04 Å². The Morgan fingerprint density at radius 1 is 0.682 bits per heavy atom. The van der Waals surface area contributed by atoms with Gasteiger partial charge in [-0.3, -0.25) is 0 Å². The van der Waals surface area contributed by atoms with Crippen molar-refractivity contribution in [1.29, 1.82) is 0 Å². The number of hydrogen-bond donors (Lipinski definition) is 0. The first kappa shape index (κ1) is 20.3. The molecule has 1 aliphatic heterocycles. The lowest BCUT2D eigenvalue weighted by Gasteiger charge is -2.54. The van der Waals surface area contributed by atoms with Crippen LogP contribution in [0.25, 0.3) is 0 Å². The van der Waals surface area contributed by atoms with Gasteiger partial charge in [-0.05, 0) is 0 Å². The van der Waals surface area contributed by atoms with Gasteiger partial charge in [0.15, 0.2) is 0 Å². The first-order valence-corrected chi connectivity index (χ1v) is 14.1. The van der Waals surface area contributed by atoms with Gasteiger partial charge in [0.25, 0.3) is 5.97 Å². The topological polar surface area (TPSA) is 83.1 Å². The van der Waals surface area contributed by atoms with Gasteiger partial charge in [0, 0.05) is 56.9 Å². The molecule has 9 nitrogen and oxygen atoms in total. The van der Waals surface area contributed by atoms with Crippen molar-refractivity contribution in [3.63, 3.8) is 0 Å². The van der Waals surface area contributed by atoms with E-state index in [0.29, 0.717) is 0 Å². The molecule has 0 aromatic heterocycles. The second-order valence-electron chi connectivity index (χ2n) is 4.52. The van der Waals surface area contributed by atoms with Crippen LogP contribution in [0.2, 0.25) is 6.04 Å². The second kappa shape index (κ2) is 7.45. The van der Waals surface area contributed by atoms with Crippen LogP contribution in [-0.2, 0) is 40.5 Å². The largest absolute Gasteiger partial charge is 0.544 e. The fraction of sp³-hybridized carbons (Fsp3) is 1.00. The first-order chi connectivity index (χ1) is 10.4. The van der Waals surface area contributed by atoms with E-state index in [4.69, 9.17) is 40.5 Å². The average molecular weight is 375 g/mol. The highest BCUT2D eigenvalue weighted by Gasteiger charge is 2.87. The molecular formula is C10H26O9Si3. The molecule has 1 heterocycles.